The Kier molecular flexibility index (Phi) is 3.87. The van der Waals surface area contributed by atoms with Crippen LogP contribution in [-0.2, 0) is 18.2 Å². The van der Waals surface area contributed by atoms with Crippen LogP contribution in [0.1, 0.15) is 32.0 Å². The van der Waals surface area contributed by atoms with E-state index in [1.807, 2.05) is 11.7 Å². The number of hydrogen-bond donors (Lipinski definition) is 1. The summed E-state index contributed by atoms with van der Waals surface area (Å²) in [5.41, 5.74) is 3.17. The minimum absolute atomic E-state index is 0.247. The van der Waals surface area contributed by atoms with Crippen LogP contribution in [0.5, 0.6) is 0 Å². The van der Waals surface area contributed by atoms with Crippen molar-refractivity contribution in [2.24, 2.45) is 7.05 Å². The lowest BCUT2D eigenvalue weighted by molar-refractivity contribution is 0.153. The first-order valence-electron chi connectivity index (χ1n) is 6.29. The molecule has 1 atom stereocenters. The zero-order chi connectivity index (χ0) is 13.3. The SMILES string of the molecule is CCc1nn(C)c2c1[nH]c(=S)n2C(CC)COC. The summed E-state index contributed by atoms with van der Waals surface area (Å²) in [5.74, 6) is 0. The molecule has 100 valence electrons. The Morgan fingerprint density at radius 3 is 2.72 bits per heavy atom. The molecule has 0 aliphatic rings. The van der Waals surface area contributed by atoms with E-state index in [1.165, 1.54) is 0 Å². The highest BCUT2D eigenvalue weighted by Crippen LogP contribution is 2.23. The van der Waals surface area contributed by atoms with Gasteiger partial charge in [0.2, 0.25) is 0 Å². The van der Waals surface area contributed by atoms with E-state index >= 15 is 0 Å². The molecule has 2 aromatic rings. The molecule has 5 nitrogen and oxygen atoms in total. The highest BCUT2D eigenvalue weighted by molar-refractivity contribution is 7.71. The first-order chi connectivity index (χ1) is 8.63. The summed E-state index contributed by atoms with van der Waals surface area (Å²) in [5, 5.41) is 4.52. The molecule has 0 aliphatic heterocycles. The lowest BCUT2D eigenvalue weighted by Gasteiger charge is -2.16. The highest BCUT2D eigenvalue weighted by atomic mass is 32.1. The van der Waals surface area contributed by atoms with Gasteiger partial charge in [-0.3, -0.25) is 9.25 Å². The normalized spacial score (nSPS) is 13.3. The number of aromatic amines is 1. The standard InChI is InChI=1S/C12H20N4OS/c1-5-8(7-17-4)16-11-10(13-12(16)18)9(6-2)14-15(11)3/h8H,5-7H2,1-4H3,(H,13,18). The Hall–Kier alpha value is -1.14. The third kappa shape index (κ3) is 1.99. The molecule has 0 saturated carbocycles. The lowest BCUT2D eigenvalue weighted by Crippen LogP contribution is -2.15. The molecule has 0 saturated heterocycles. The summed E-state index contributed by atoms with van der Waals surface area (Å²) < 4.78 is 10.1. The van der Waals surface area contributed by atoms with Crippen LogP contribution in [0.25, 0.3) is 11.2 Å². The summed E-state index contributed by atoms with van der Waals surface area (Å²) in [6, 6.07) is 0.247. The summed E-state index contributed by atoms with van der Waals surface area (Å²) in [6.07, 6.45) is 1.87. The van der Waals surface area contributed by atoms with Gasteiger partial charge in [-0.1, -0.05) is 13.8 Å². The topological polar surface area (TPSA) is 47.8 Å². The van der Waals surface area contributed by atoms with Crippen LogP contribution in [0.15, 0.2) is 0 Å². The maximum absolute atomic E-state index is 5.44. The van der Waals surface area contributed by atoms with Crippen molar-refractivity contribution in [1.29, 1.82) is 0 Å². The molecule has 2 rings (SSSR count). The predicted molar refractivity (Wildman–Crippen MR) is 74.5 cm³/mol. The second kappa shape index (κ2) is 5.24. The van der Waals surface area contributed by atoms with Gasteiger partial charge in [0.1, 0.15) is 5.52 Å². The third-order valence-electron chi connectivity index (χ3n) is 3.30. The van der Waals surface area contributed by atoms with E-state index in [1.54, 1.807) is 7.11 Å². The fourth-order valence-corrected chi connectivity index (χ4v) is 2.73. The first-order valence-corrected chi connectivity index (χ1v) is 6.69. The van der Waals surface area contributed by atoms with Gasteiger partial charge in [-0.15, -0.1) is 0 Å². The zero-order valence-electron chi connectivity index (χ0n) is 11.4. The van der Waals surface area contributed by atoms with Crippen molar-refractivity contribution in [1.82, 2.24) is 19.3 Å². The Morgan fingerprint density at radius 2 is 2.17 bits per heavy atom. The van der Waals surface area contributed by atoms with E-state index in [2.05, 4.69) is 28.5 Å². The number of aryl methyl sites for hydroxylation is 2. The predicted octanol–water partition coefficient (Wildman–Crippen LogP) is 2.59. The second-order valence-corrected chi connectivity index (χ2v) is 4.83. The number of fused-ring (bicyclic) bond motifs is 1. The smallest absolute Gasteiger partial charge is 0.179 e. The molecule has 0 bridgehead atoms. The summed E-state index contributed by atoms with van der Waals surface area (Å²) in [7, 11) is 3.68. The van der Waals surface area contributed by atoms with Gasteiger partial charge in [-0.25, -0.2) is 0 Å². The van der Waals surface area contributed by atoms with E-state index in [0.717, 1.165) is 34.5 Å². The minimum atomic E-state index is 0.247. The van der Waals surface area contributed by atoms with E-state index in [-0.39, 0.29) is 6.04 Å². The molecule has 0 fully saturated rings. The van der Waals surface area contributed by atoms with Crippen LogP contribution in [-0.4, -0.2) is 33.0 Å². The molecular weight excluding hydrogens is 248 g/mol. The third-order valence-corrected chi connectivity index (χ3v) is 3.60. The molecule has 0 aliphatic carbocycles. The fraction of sp³-hybridized carbons (Fsp3) is 0.667. The van der Waals surface area contributed by atoms with Gasteiger partial charge in [0.05, 0.1) is 18.3 Å². The molecule has 1 unspecified atom stereocenters. The van der Waals surface area contributed by atoms with Crippen molar-refractivity contribution in [3.63, 3.8) is 0 Å². The Bertz CT molecular complexity index is 595. The molecule has 0 aromatic carbocycles. The maximum atomic E-state index is 5.44. The van der Waals surface area contributed by atoms with E-state index in [4.69, 9.17) is 17.0 Å². The van der Waals surface area contributed by atoms with Crippen LogP contribution in [0, 0.1) is 4.77 Å². The van der Waals surface area contributed by atoms with Crippen molar-refractivity contribution in [3.05, 3.63) is 10.5 Å². The largest absolute Gasteiger partial charge is 0.383 e. The number of imidazole rings is 1. The van der Waals surface area contributed by atoms with Crippen LogP contribution in [0.2, 0.25) is 0 Å². The number of ether oxygens (including phenoxy) is 1. The average molecular weight is 268 g/mol. The van der Waals surface area contributed by atoms with Gasteiger partial charge >= 0.3 is 0 Å². The van der Waals surface area contributed by atoms with Crippen molar-refractivity contribution >= 4 is 23.4 Å². The molecule has 0 amide bonds. The molecule has 6 heteroatoms. The van der Waals surface area contributed by atoms with Crippen molar-refractivity contribution in [2.45, 2.75) is 32.7 Å². The van der Waals surface area contributed by atoms with E-state index in [0.29, 0.717) is 6.61 Å². The van der Waals surface area contributed by atoms with Crippen LogP contribution >= 0.6 is 12.2 Å². The van der Waals surface area contributed by atoms with Gasteiger partial charge in [-0.2, -0.15) is 5.10 Å². The number of nitrogens with one attached hydrogen (secondary N) is 1. The van der Waals surface area contributed by atoms with Gasteiger partial charge in [-0.05, 0) is 25.1 Å². The van der Waals surface area contributed by atoms with Crippen LogP contribution in [0.3, 0.4) is 0 Å². The van der Waals surface area contributed by atoms with Crippen molar-refractivity contribution in [3.8, 4) is 0 Å². The zero-order valence-corrected chi connectivity index (χ0v) is 12.2. The summed E-state index contributed by atoms with van der Waals surface area (Å²) in [4.78, 5) is 3.28. The molecule has 2 aromatic heterocycles. The number of nitrogens with zero attached hydrogens (tertiary/aromatic N) is 3. The fourth-order valence-electron chi connectivity index (χ4n) is 2.39. The Labute approximate surface area is 112 Å². The quantitative estimate of drug-likeness (QED) is 0.848. The van der Waals surface area contributed by atoms with Crippen molar-refractivity contribution < 1.29 is 4.74 Å². The first kappa shape index (κ1) is 13.3. The van der Waals surface area contributed by atoms with Gasteiger partial charge in [0.15, 0.2) is 10.4 Å². The van der Waals surface area contributed by atoms with E-state index < -0.39 is 0 Å². The number of rotatable bonds is 5. The Morgan fingerprint density at radius 1 is 1.44 bits per heavy atom. The minimum Gasteiger partial charge on any atom is -0.383 e. The van der Waals surface area contributed by atoms with E-state index in [9.17, 15) is 0 Å². The Balaban J connectivity index is 2.66. The second-order valence-electron chi connectivity index (χ2n) is 4.44. The summed E-state index contributed by atoms with van der Waals surface area (Å²) in [6.45, 7) is 4.90. The number of H-pyrrole nitrogens is 1. The number of hydrogen-bond acceptors (Lipinski definition) is 3. The highest BCUT2D eigenvalue weighted by Gasteiger charge is 2.19. The molecule has 1 N–H and O–H groups in total. The molecular formula is C12H20N4OS. The average Bonchev–Trinajstić information content (AvgIpc) is 2.84. The van der Waals surface area contributed by atoms with Gasteiger partial charge < -0.3 is 9.72 Å². The van der Waals surface area contributed by atoms with Crippen LogP contribution in [0.4, 0.5) is 0 Å². The number of aromatic nitrogens is 4. The van der Waals surface area contributed by atoms with Gasteiger partial charge in [0, 0.05) is 14.2 Å². The monoisotopic (exact) mass is 268 g/mol. The molecule has 0 radical (unpaired) electrons. The van der Waals surface area contributed by atoms with Crippen molar-refractivity contribution in [2.75, 3.05) is 13.7 Å². The summed E-state index contributed by atoms with van der Waals surface area (Å²) >= 11 is 5.44. The van der Waals surface area contributed by atoms with Gasteiger partial charge in [0.25, 0.3) is 0 Å². The molecule has 2 heterocycles. The molecule has 0 spiro atoms. The van der Waals surface area contributed by atoms with Crippen LogP contribution < -0.4 is 0 Å². The molecule has 18 heavy (non-hydrogen) atoms. The lowest BCUT2D eigenvalue weighted by atomic mass is 10.2. The number of methoxy groups -OCH3 is 1. The maximum Gasteiger partial charge on any atom is 0.179 e.